The molecule has 0 saturated heterocycles. The largest absolute Gasteiger partial charge is 0.240 e. The molecule has 0 heterocycles. The second kappa shape index (κ2) is 6.06. The fraction of sp³-hybridized carbons (Fsp3) is 0.333. The van der Waals surface area contributed by atoms with Crippen LogP contribution in [0.5, 0.6) is 0 Å². The van der Waals surface area contributed by atoms with Crippen LogP contribution in [0.3, 0.4) is 0 Å². The Balaban J connectivity index is 1.80. The molecule has 3 rings (SSSR count). The number of rotatable bonds is 5. The molecule has 0 atom stereocenters. The molecule has 0 radical (unpaired) electrons. The van der Waals surface area contributed by atoms with Crippen molar-refractivity contribution in [1.29, 1.82) is 0 Å². The minimum absolute atomic E-state index is 0.110. The Labute approximate surface area is 136 Å². The molecule has 1 saturated carbocycles. The first-order valence-electron chi connectivity index (χ1n) is 7.74. The minimum atomic E-state index is -3.63. The van der Waals surface area contributed by atoms with Gasteiger partial charge >= 0.3 is 0 Å². The van der Waals surface area contributed by atoms with Gasteiger partial charge in [0.15, 0.2) is 0 Å². The summed E-state index contributed by atoms with van der Waals surface area (Å²) in [5.41, 5.74) is 1.38. The lowest BCUT2D eigenvalue weighted by molar-refractivity contribution is 0.245. The molecule has 0 amide bonds. The van der Waals surface area contributed by atoms with E-state index in [1.807, 2.05) is 18.2 Å². The predicted molar refractivity (Wildman–Crippen MR) is 88.3 cm³/mol. The van der Waals surface area contributed by atoms with E-state index in [9.17, 15) is 12.8 Å². The molecule has 23 heavy (non-hydrogen) atoms. The lowest BCUT2D eigenvalue weighted by Crippen LogP contribution is -2.45. The summed E-state index contributed by atoms with van der Waals surface area (Å²) >= 11 is 0. The molecule has 1 aliphatic carbocycles. The van der Waals surface area contributed by atoms with Crippen LogP contribution < -0.4 is 4.72 Å². The van der Waals surface area contributed by atoms with Crippen LogP contribution in [0, 0.1) is 12.7 Å². The lowest BCUT2D eigenvalue weighted by Gasteiger charge is -2.42. The van der Waals surface area contributed by atoms with Gasteiger partial charge in [0.05, 0.1) is 4.90 Å². The average molecular weight is 333 g/mol. The molecule has 0 aromatic heterocycles. The predicted octanol–water partition coefficient (Wildman–Crippen LogP) is 3.53. The van der Waals surface area contributed by atoms with Crippen molar-refractivity contribution in [3.8, 4) is 0 Å². The number of hydrogen-bond donors (Lipinski definition) is 1. The van der Waals surface area contributed by atoms with Crippen molar-refractivity contribution in [2.45, 2.75) is 36.5 Å². The van der Waals surface area contributed by atoms with E-state index in [0.29, 0.717) is 12.1 Å². The third-order valence-corrected chi connectivity index (χ3v) is 6.14. The monoisotopic (exact) mass is 333 g/mol. The average Bonchev–Trinajstić information content (AvgIpc) is 2.50. The first kappa shape index (κ1) is 16.1. The van der Waals surface area contributed by atoms with E-state index >= 15 is 0 Å². The van der Waals surface area contributed by atoms with Gasteiger partial charge in [-0.3, -0.25) is 0 Å². The Morgan fingerprint density at radius 3 is 2.39 bits per heavy atom. The number of sulfonamides is 1. The molecule has 0 bridgehead atoms. The molecule has 0 spiro atoms. The normalized spacial score (nSPS) is 16.8. The quantitative estimate of drug-likeness (QED) is 0.910. The van der Waals surface area contributed by atoms with Gasteiger partial charge in [-0.05, 0) is 49.1 Å². The van der Waals surface area contributed by atoms with Crippen molar-refractivity contribution in [2.75, 3.05) is 6.54 Å². The van der Waals surface area contributed by atoms with Gasteiger partial charge in [0, 0.05) is 12.0 Å². The third-order valence-electron chi connectivity index (χ3n) is 4.74. The van der Waals surface area contributed by atoms with E-state index in [0.717, 1.165) is 19.3 Å². The Morgan fingerprint density at radius 2 is 1.83 bits per heavy atom. The molecule has 2 aromatic rings. The Morgan fingerprint density at radius 1 is 1.13 bits per heavy atom. The second-order valence-electron chi connectivity index (χ2n) is 6.24. The van der Waals surface area contributed by atoms with Gasteiger partial charge in [-0.1, -0.05) is 36.8 Å². The van der Waals surface area contributed by atoms with Gasteiger partial charge in [-0.25, -0.2) is 17.5 Å². The first-order chi connectivity index (χ1) is 10.9. The zero-order valence-corrected chi connectivity index (χ0v) is 13.9. The summed E-state index contributed by atoms with van der Waals surface area (Å²) < 4.78 is 41.0. The van der Waals surface area contributed by atoms with Crippen LogP contribution >= 0.6 is 0 Å². The molecule has 1 aliphatic rings. The van der Waals surface area contributed by atoms with Crippen molar-refractivity contribution in [1.82, 2.24) is 4.72 Å². The molecule has 3 nitrogen and oxygen atoms in total. The van der Waals surface area contributed by atoms with Crippen LogP contribution in [0.2, 0.25) is 0 Å². The summed E-state index contributed by atoms with van der Waals surface area (Å²) in [5, 5.41) is 0. The second-order valence-corrected chi connectivity index (χ2v) is 8.00. The smallest absolute Gasteiger partial charge is 0.210 e. The summed E-state index contributed by atoms with van der Waals surface area (Å²) in [6.45, 7) is 1.93. The first-order valence-corrected chi connectivity index (χ1v) is 9.23. The molecule has 2 aromatic carbocycles. The van der Waals surface area contributed by atoms with Gasteiger partial charge in [0.2, 0.25) is 10.0 Å². The highest BCUT2D eigenvalue weighted by molar-refractivity contribution is 7.89. The molecule has 0 unspecified atom stereocenters. The standard InChI is InChI=1S/C18H20FNO2S/c1-14-12-16(8-9-17(14)19)23(21,22)20-13-18(10-5-11-18)15-6-3-2-4-7-15/h2-4,6-9,12,20H,5,10-11,13H2,1H3. The maximum atomic E-state index is 13.3. The Kier molecular flexibility index (Phi) is 4.25. The van der Waals surface area contributed by atoms with Crippen LogP contribution in [-0.2, 0) is 15.4 Å². The molecule has 122 valence electrons. The van der Waals surface area contributed by atoms with Gasteiger partial charge in [-0.2, -0.15) is 0 Å². The van der Waals surface area contributed by atoms with Crippen molar-refractivity contribution in [2.24, 2.45) is 0 Å². The van der Waals surface area contributed by atoms with Gasteiger partial charge < -0.3 is 0 Å². The fourth-order valence-corrected chi connectivity index (χ4v) is 4.28. The van der Waals surface area contributed by atoms with Crippen molar-refractivity contribution in [3.63, 3.8) is 0 Å². The van der Waals surface area contributed by atoms with E-state index in [4.69, 9.17) is 0 Å². The van der Waals surface area contributed by atoms with Crippen LogP contribution in [0.4, 0.5) is 4.39 Å². The Hall–Kier alpha value is -1.72. The van der Waals surface area contributed by atoms with Gasteiger partial charge in [-0.15, -0.1) is 0 Å². The van der Waals surface area contributed by atoms with E-state index < -0.39 is 15.8 Å². The van der Waals surface area contributed by atoms with Crippen LogP contribution in [0.1, 0.15) is 30.4 Å². The SMILES string of the molecule is Cc1cc(S(=O)(=O)NCC2(c3ccccc3)CCC2)ccc1F. The maximum Gasteiger partial charge on any atom is 0.240 e. The number of hydrogen-bond acceptors (Lipinski definition) is 2. The topological polar surface area (TPSA) is 46.2 Å². The number of aryl methyl sites for hydroxylation is 1. The summed E-state index contributed by atoms with van der Waals surface area (Å²) in [6, 6.07) is 13.9. The number of halogens is 1. The highest BCUT2D eigenvalue weighted by atomic mass is 32.2. The zero-order valence-electron chi connectivity index (χ0n) is 13.0. The molecular weight excluding hydrogens is 313 g/mol. The van der Waals surface area contributed by atoms with Crippen molar-refractivity contribution >= 4 is 10.0 Å². The lowest BCUT2D eigenvalue weighted by atomic mass is 9.64. The molecule has 5 heteroatoms. The van der Waals surface area contributed by atoms with E-state index in [-0.39, 0.29) is 10.3 Å². The van der Waals surface area contributed by atoms with Crippen LogP contribution in [0.15, 0.2) is 53.4 Å². The Bertz CT molecular complexity index is 799. The maximum absolute atomic E-state index is 13.3. The molecule has 1 fully saturated rings. The van der Waals surface area contributed by atoms with Crippen LogP contribution in [0.25, 0.3) is 0 Å². The van der Waals surface area contributed by atoms with E-state index in [1.54, 1.807) is 6.92 Å². The fourth-order valence-electron chi connectivity index (χ4n) is 3.06. The summed E-state index contributed by atoms with van der Waals surface area (Å²) in [4.78, 5) is 0.110. The highest BCUT2D eigenvalue weighted by Crippen LogP contribution is 2.43. The minimum Gasteiger partial charge on any atom is -0.210 e. The van der Waals surface area contributed by atoms with Crippen molar-refractivity contribution < 1.29 is 12.8 Å². The van der Waals surface area contributed by atoms with Crippen molar-refractivity contribution in [3.05, 3.63) is 65.5 Å². The van der Waals surface area contributed by atoms with Gasteiger partial charge in [0.1, 0.15) is 5.82 Å². The highest BCUT2D eigenvalue weighted by Gasteiger charge is 2.39. The van der Waals surface area contributed by atoms with Crippen LogP contribution in [-0.4, -0.2) is 15.0 Å². The molecular formula is C18H20FNO2S. The summed E-state index contributed by atoms with van der Waals surface area (Å²) in [5.74, 6) is -0.399. The third kappa shape index (κ3) is 3.16. The number of nitrogens with one attached hydrogen (secondary N) is 1. The summed E-state index contributed by atoms with van der Waals surface area (Å²) in [7, 11) is -3.63. The van der Waals surface area contributed by atoms with Gasteiger partial charge in [0.25, 0.3) is 0 Å². The number of benzene rings is 2. The summed E-state index contributed by atoms with van der Waals surface area (Å²) in [6.07, 6.45) is 3.05. The molecule has 1 N–H and O–H groups in total. The zero-order chi connectivity index (χ0) is 16.5. The van der Waals surface area contributed by atoms with E-state index in [2.05, 4.69) is 16.9 Å². The van der Waals surface area contributed by atoms with E-state index in [1.165, 1.54) is 23.8 Å². The molecule has 0 aliphatic heterocycles.